The summed E-state index contributed by atoms with van der Waals surface area (Å²) in [7, 11) is 0. The maximum Gasteiger partial charge on any atom is 0.408 e. The van der Waals surface area contributed by atoms with Gasteiger partial charge < -0.3 is 19.9 Å². The minimum absolute atomic E-state index is 0.000593. The van der Waals surface area contributed by atoms with E-state index in [0.29, 0.717) is 24.3 Å². The summed E-state index contributed by atoms with van der Waals surface area (Å²) in [6.45, 7) is 5.40. The van der Waals surface area contributed by atoms with E-state index in [4.69, 9.17) is 9.72 Å². The van der Waals surface area contributed by atoms with Gasteiger partial charge in [-0.3, -0.25) is 9.78 Å². The van der Waals surface area contributed by atoms with Crippen molar-refractivity contribution in [2.45, 2.75) is 88.4 Å². The Labute approximate surface area is 249 Å². The van der Waals surface area contributed by atoms with E-state index in [1.165, 1.54) is 11.6 Å². The molecule has 2 fully saturated rings. The summed E-state index contributed by atoms with van der Waals surface area (Å²) in [5.41, 5.74) is 5.15. The lowest BCUT2D eigenvalue weighted by Gasteiger charge is -2.42. The van der Waals surface area contributed by atoms with Crippen LogP contribution in [0.15, 0.2) is 48.7 Å². The van der Waals surface area contributed by atoms with Crippen LogP contribution in [0.25, 0.3) is 22.2 Å². The van der Waals surface area contributed by atoms with Gasteiger partial charge >= 0.3 is 6.09 Å². The number of carbonyl (C=O) groups excluding carboxylic acids is 2. The third-order valence-corrected chi connectivity index (χ3v) is 9.41. The van der Waals surface area contributed by atoms with E-state index >= 15 is 4.39 Å². The Hall–Kier alpha value is -4.27. The number of fused-ring (bicyclic) bond motifs is 9. The minimum Gasteiger partial charge on any atom is -0.444 e. The fourth-order valence-electron chi connectivity index (χ4n) is 7.21. The lowest BCUT2D eigenvalue weighted by Crippen LogP contribution is -2.53. The van der Waals surface area contributed by atoms with Crippen molar-refractivity contribution < 1.29 is 18.7 Å². The molecule has 43 heavy (non-hydrogen) atoms. The number of halogens is 1. The average molecular weight is 580 g/mol. The quantitative estimate of drug-likeness (QED) is 0.277. The van der Waals surface area contributed by atoms with Crippen LogP contribution in [0.5, 0.6) is 0 Å². The van der Waals surface area contributed by atoms with Gasteiger partial charge in [0, 0.05) is 17.3 Å². The Morgan fingerprint density at radius 1 is 1.14 bits per heavy atom. The van der Waals surface area contributed by atoms with Gasteiger partial charge in [-0.2, -0.15) is 0 Å². The zero-order chi connectivity index (χ0) is 29.7. The van der Waals surface area contributed by atoms with Crippen LogP contribution in [0.3, 0.4) is 0 Å². The molecule has 0 spiro atoms. The fraction of sp³-hybridized carbons (Fsp3) is 0.412. The van der Waals surface area contributed by atoms with Gasteiger partial charge in [-0.15, -0.1) is 0 Å². The molecule has 2 aliphatic heterocycles. The van der Waals surface area contributed by atoms with E-state index in [2.05, 4.69) is 32.3 Å². The largest absolute Gasteiger partial charge is 0.444 e. The number of amides is 2. The van der Waals surface area contributed by atoms with Gasteiger partial charge in [-0.05, 0) is 106 Å². The predicted molar refractivity (Wildman–Crippen MR) is 159 cm³/mol. The first-order chi connectivity index (χ1) is 20.6. The summed E-state index contributed by atoms with van der Waals surface area (Å²) in [4.78, 5) is 35.3. The summed E-state index contributed by atoms with van der Waals surface area (Å²) in [6, 6.07) is 13.4. The third kappa shape index (κ3) is 4.23. The molecule has 4 aromatic rings. The number of imidazole rings is 1. The monoisotopic (exact) mass is 579 g/mol. The van der Waals surface area contributed by atoms with Crippen molar-refractivity contribution >= 4 is 23.0 Å². The molecule has 0 radical (unpaired) electrons. The second-order valence-corrected chi connectivity index (χ2v) is 13.5. The second kappa shape index (κ2) is 9.11. The maximum atomic E-state index is 15.8. The second-order valence-electron chi connectivity index (χ2n) is 13.5. The maximum absolute atomic E-state index is 15.8. The number of pyridine rings is 1. The summed E-state index contributed by atoms with van der Waals surface area (Å²) < 4.78 is 23.5. The number of hydrogen-bond acceptors (Lipinski definition) is 5. The third-order valence-electron chi connectivity index (χ3n) is 9.41. The molecule has 8 nitrogen and oxygen atoms in total. The van der Waals surface area contributed by atoms with Gasteiger partial charge in [0.15, 0.2) is 0 Å². The number of ether oxygens (including phenoxy) is 1. The Kier molecular flexibility index (Phi) is 5.59. The summed E-state index contributed by atoms with van der Waals surface area (Å²) >= 11 is 0. The molecule has 4 aliphatic rings. The first-order valence-corrected chi connectivity index (χ1v) is 15.2. The molecule has 2 amide bonds. The van der Waals surface area contributed by atoms with E-state index in [0.717, 1.165) is 59.2 Å². The molecule has 8 rings (SSSR count). The Balaban J connectivity index is 1.17. The number of carbonyl (C=O) groups is 2. The van der Waals surface area contributed by atoms with Crippen LogP contribution in [0.4, 0.5) is 9.18 Å². The first-order valence-electron chi connectivity index (χ1n) is 15.2. The van der Waals surface area contributed by atoms with Crippen LogP contribution in [0.1, 0.15) is 110 Å². The van der Waals surface area contributed by atoms with Crippen LogP contribution >= 0.6 is 0 Å². The van der Waals surface area contributed by atoms with Gasteiger partial charge in [0.1, 0.15) is 22.9 Å². The fourth-order valence-corrected chi connectivity index (χ4v) is 7.21. The van der Waals surface area contributed by atoms with E-state index in [1.54, 1.807) is 27.0 Å². The molecular weight excluding hydrogens is 545 g/mol. The number of nitrogens with one attached hydrogen (secondary N) is 2. The van der Waals surface area contributed by atoms with Crippen LogP contribution in [0, 0.1) is 5.82 Å². The number of nitrogens with zero attached hydrogens (tertiary/aromatic N) is 3. The van der Waals surface area contributed by atoms with E-state index in [-0.39, 0.29) is 23.7 Å². The number of benzene rings is 2. The van der Waals surface area contributed by atoms with Gasteiger partial charge in [-0.25, -0.2) is 14.2 Å². The van der Waals surface area contributed by atoms with Crippen molar-refractivity contribution in [3.05, 3.63) is 82.7 Å². The lowest BCUT2D eigenvalue weighted by molar-refractivity contribution is 0.0366. The van der Waals surface area contributed by atoms with Gasteiger partial charge in [0.2, 0.25) is 0 Å². The highest BCUT2D eigenvalue weighted by Crippen LogP contribution is 2.50. The molecule has 4 heterocycles. The Morgan fingerprint density at radius 3 is 2.65 bits per heavy atom. The highest BCUT2D eigenvalue weighted by Gasteiger charge is 2.45. The SMILES string of the molecule is CC(C)(C)OC(=O)NC1(c2ncc(-c3ccc4nc5n(c4c3)[C@@H]3C[C@H]5NC(=O)c4cccc(C5CC5)c43)cc2F)CCC1. The van der Waals surface area contributed by atoms with Crippen molar-refractivity contribution in [1.82, 2.24) is 25.2 Å². The predicted octanol–water partition coefficient (Wildman–Crippen LogP) is 6.80. The van der Waals surface area contributed by atoms with E-state index < -0.39 is 23.1 Å². The highest BCUT2D eigenvalue weighted by atomic mass is 19.1. The van der Waals surface area contributed by atoms with Crippen molar-refractivity contribution in [3.63, 3.8) is 0 Å². The molecule has 2 saturated carbocycles. The molecule has 0 saturated heterocycles. The summed E-state index contributed by atoms with van der Waals surface area (Å²) in [5, 5.41) is 6.12. The van der Waals surface area contributed by atoms with Crippen LogP contribution in [-0.4, -0.2) is 32.1 Å². The van der Waals surface area contributed by atoms with Crippen molar-refractivity contribution in [3.8, 4) is 11.1 Å². The van der Waals surface area contributed by atoms with E-state index in [1.807, 2.05) is 24.3 Å². The van der Waals surface area contributed by atoms with Crippen molar-refractivity contribution in [2.75, 3.05) is 0 Å². The van der Waals surface area contributed by atoms with Crippen molar-refractivity contribution in [2.24, 2.45) is 0 Å². The molecule has 2 atom stereocenters. The molecule has 9 heteroatoms. The van der Waals surface area contributed by atoms with Crippen LogP contribution in [-0.2, 0) is 10.3 Å². The number of rotatable bonds is 4. The zero-order valence-electron chi connectivity index (χ0n) is 24.5. The summed E-state index contributed by atoms with van der Waals surface area (Å²) in [6.07, 6.45) is 6.26. The molecule has 2 N–H and O–H groups in total. The van der Waals surface area contributed by atoms with Crippen LogP contribution < -0.4 is 10.6 Å². The molecule has 220 valence electrons. The zero-order valence-corrected chi connectivity index (χ0v) is 24.5. The minimum atomic E-state index is -0.867. The first kappa shape index (κ1) is 26.4. The number of hydrogen-bond donors (Lipinski definition) is 2. The summed E-state index contributed by atoms with van der Waals surface area (Å²) in [5.74, 6) is 0.882. The van der Waals surface area contributed by atoms with Crippen LogP contribution in [0.2, 0.25) is 0 Å². The molecule has 2 bridgehead atoms. The smallest absolute Gasteiger partial charge is 0.408 e. The highest BCUT2D eigenvalue weighted by molar-refractivity contribution is 5.97. The van der Waals surface area contributed by atoms with E-state index in [9.17, 15) is 9.59 Å². The standard InChI is InChI=1S/C34H34FN5O3/c1-33(2,3)43-32(42)39-34(12-5-13-34)29-23(35)14-20(17-36-29)19-10-11-24-26(15-19)40-27-16-25(30(40)37-24)38-31(41)22-7-4-6-21(28(22)27)18-8-9-18/h4,6-7,10-11,14-15,17-18,25,27H,5,8-9,12-13,16H2,1-3H3,(H,38,41)(H,39,42)/t25-,27-/m1/s1. The van der Waals surface area contributed by atoms with Crippen molar-refractivity contribution in [1.29, 1.82) is 0 Å². The van der Waals surface area contributed by atoms with Gasteiger partial charge in [-0.1, -0.05) is 18.2 Å². The number of alkyl carbamates (subject to hydrolysis) is 1. The topological polar surface area (TPSA) is 98.1 Å². The lowest BCUT2D eigenvalue weighted by atomic mass is 9.74. The molecule has 2 aliphatic carbocycles. The Morgan fingerprint density at radius 2 is 1.95 bits per heavy atom. The average Bonchev–Trinajstić information content (AvgIpc) is 3.66. The molecule has 2 aromatic carbocycles. The van der Waals surface area contributed by atoms with Gasteiger partial charge in [0.25, 0.3) is 5.91 Å². The van der Waals surface area contributed by atoms with Gasteiger partial charge in [0.05, 0.1) is 28.7 Å². The number of aromatic nitrogens is 3. The Bertz CT molecular complexity index is 1830. The normalized spacial score (nSPS) is 21.8. The molecule has 2 aromatic heterocycles. The molecule has 0 unspecified atom stereocenters. The molecular formula is C34H34FN5O3.